The molecule has 0 radical (unpaired) electrons. The fourth-order valence-electron chi connectivity index (χ4n) is 3.10. The van der Waals surface area contributed by atoms with Crippen molar-refractivity contribution in [2.45, 2.75) is 50.7 Å². The first-order valence-electron chi connectivity index (χ1n) is 6.64. The van der Waals surface area contributed by atoms with E-state index >= 15 is 0 Å². The highest BCUT2D eigenvalue weighted by atomic mass is 16.5. The lowest BCUT2D eigenvalue weighted by molar-refractivity contribution is -0.150. The second kappa shape index (κ2) is 5.36. The Morgan fingerprint density at radius 3 is 2.82 bits per heavy atom. The Hall–Kier alpha value is -0.610. The van der Waals surface area contributed by atoms with E-state index in [9.17, 15) is 4.79 Å². The van der Waals surface area contributed by atoms with Crippen LogP contribution in [0.15, 0.2) is 0 Å². The lowest BCUT2D eigenvalue weighted by Gasteiger charge is -2.33. The van der Waals surface area contributed by atoms with E-state index in [0.29, 0.717) is 5.92 Å². The van der Waals surface area contributed by atoms with Gasteiger partial charge in [-0.1, -0.05) is 13.3 Å². The molecule has 17 heavy (non-hydrogen) atoms. The molecule has 0 spiro atoms. The van der Waals surface area contributed by atoms with Gasteiger partial charge in [0.2, 0.25) is 0 Å². The maximum Gasteiger partial charge on any atom is 0.326 e. The molecule has 0 amide bonds. The number of nitrogens with one attached hydrogen (secondary N) is 1. The fourth-order valence-corrected chi connectivity index (χ4v) is 3.10. The molecule has 4 nitrogen and oxygen atoms in total. The molecular weight excluding hydrogens is 218 g/mol. The van der Waals surface area contributed by atoms with Crippen LogP contribution in [0.4, 0.5) is 0 Å². The molecule has 4 heteroatoms. The van der Waals surface area contributed by atoms with Crippen LogP contribution in [0.25, 0.3) is 0 Å². The van der Waals surface area contributed by atoms with E-state index in [2.05, 4.69) is 12.2 Å². The van der Waals surface area contributed by atoms with Crippen molar-refractivity contribution in [3.8, 4) is 0 Å². The van der Waals surface area contributed by atoms with Crippen LogP contribution < -0.4 is 5.32 Å². The maximum absolute atomic E-state index is 12.0. The Morgan fingerprint density at radius 1 is 1.47 bits per heavy atom. The summed E-state index contributed by atoms with van der Waals surface area (Å²) in [6.07, 6.45) is 5.56. The molecule has 0 aromatic carbocycles. The van der Waals surface area contributed by atoms with Crippen molar-refractivity contribution in [1.29, 1.82) is 0 Å². The van der Waals surface area contributed by atoms with Gasteiger partial charge in [0, 0.05) is 13.2 Å². The first kappa shape index (κ1) is 12.8. The van der Waals surface area contributed by atoms with Gasteiger partial charge in [0.25, 0.3) is 0 Å². The Bertz CT molecular complexity index is 276. The predicted molar refractivity (Wildman–Crippen MR) is 64.7 cm³/mol. The molecule has 1 aliphatic heterocycles. The van der Waals surface area contributed by atoms with Crippen LogP contribution in [0, 0.1) is 5.92 Å². The third-order valence-electron chi connectivity index (χ3n) is 4.27. The van der Waals surface area contributed by atoms with Crippen molar-refractivity contribution in [2.24, 2.45) is 5.92 Å². The van der Waals surface area contributed by atoms with Gasteiger partial charge in [-0.15, -0.1) is 0 Å². The highest BCUT2D eigenvalue weighted by Gasteiger charge is 2.47. The summed E-state index contributed by atoms with van der Waals surface area (Å²) in [6.45, 7) is 3.75. The zero-order valence-corrected chi connectivity index (χ0v) is 10.8. The molecule has 0 aromatic rings. The molecule has 0 bridgehead atoms. The normalized spacial score (nSPS) is 37.3. The lowest BCUT2D eigenvalue weighted by Crippen LogP contribution is -2.56. The van der Waals surface area contributed by atoms with E-state index in [1.807, 2.05) is 0 Å². The average molecular weight is 241 g/mol. The number of methoxy groups -OCH3 is 1. The molecule has 1 aliphatic carbocycles. The molecule has 1 saturated heterocycles. The minimum atomic E-state index is -0.472. The molecule has 0 aromatic heterocycles. The largest absolute Gasteiger partial charge is 0.468 e. The third-order valence-corrected chi connectivity index (χ3v) is 4.27. The molecule has 2 aliphatic rings. The van der Waals surface area contributed by atoms with Crippen LogP contribution >= 0.6 is 0 Å². The zero-order chi connectivity index (χ0) is 12.3. The van der Waals surface area contributed by atoms with Crippen molar-refractivity contribution < 1.29 is 14.3 Å². The van der Waals surface area contributed by atoms with Crippen molar-refractivity contribution in [3.63, 3.8) is 0 Å². The Balaban J connectivity index is 1.98. The smallest absolute Gasteiger partial charge is 0.326 e. The van der Waals surface area contributed by atoms with Crippen LogP contribution in [-0.4, -0.2) is 37.9 Å². The molecule has 1 heterocycles. The number of ether oxygens (including phenoxy) is 2. The number of rotatable bonds is 4. The van der Waals surface area contributed by atoms with Gasteiger partial charge in [-0.3, -0.25) is 10.1 Å². The van der Waals surface area contributed by atoms with Crippen molar-refractivity contribution >= 4 is 5.97 Å². The first-order chi connectivity index (χ1) is 8.19. The second-order valence-electron chi connectivity index (χ2n) is 5.27. The van der Waals surface area contributed by atoms with E-state index in [1.165, 1.54) is 7.11 Å². The summed E-state index contributed by atoms with van der Waals surface area (Å²) < 4.78 is 10.6. The first-order valence-corrected chi connectivity index (χ1v) is 6.64. The van der Waals surface area contributed by atoms with Crippen LogP contribution in [0.5, 0.6) is 0 Å². The van der Waals surface area contributed by atoms with Crippen LogP contribution in [0.1, 0.15) is 39.0 Å². The molecule has 1 saturated carbocycles. The molecule has 3 atom stereocenters. The van der Waals surface area contributed by atoms with Gasteiger partial charge in [-0.05, 0) is 31.6 Å². The van der Waals surface area contributed by atoms with Gasteiger partial charge in [0.15, 0.2) is 0 Å². The van der Waals surface area contributed by atoms with Gasteiger partial charge in [0.1, 0.15) is 5.54 Å². The third kappa shape index (κ3) is 2.47. The van der Waals surface area contributed by atoms with Gasteiger partial charge < -0.3 is 9.47 Å². The standard InChI is InChI=1S/C13H23NO3/c1-10-5-3-7-13(10,12(15)16-2)14-9-11-6-4-8-17-11/h10-11,14H,3-9H2,1-2H3. The number of hydrogen-bond donors (Lipinski definition) is 1. The van der Waals surface area contributed by atoms with Gasteiger partial charge >= 0.3 is 5.97 Å². The summed E-state index contributed by atoms with van der Waals surface area (Å²) in [7, 11) is 1.48. The molecule has 1 N–H and O–H groups in total. The quantitative estimate of drug-likeness (QED) is 0.757. The topological polar surface area (TPSA) is 47.6 Å². The number of esters is 1. The van der Waals surface area contributed by atoms with E-state index in [1.54, 1.807) is 0 Å². The Kier molecular flexibility index (Phi) is 4.05. The van der Waals surface area contributed by atoms with Crippen LogP contribution in [0.2, 0.25) is 0 Å². The summed E-state index contributed by atoms with van der Waals surface area (Å²) in [4.78, 5) is 12.0. The second-order valence-corrected chi connectivity index (χ2v) is 5.27. The minimum absolute atomic E-state index is 0.111. The van der Waals surface area contributed by atoms with E-state index in [4.69, 9.17) is 9.47 Å². The van der Waals surface area contributed by atoms with Crippen LogP contribution in [-0.2, 0) is 14.3 Å². The van der Waals surface area contributed by atoms with Crippen molar-refractivity contribution in [2.75, 3.05) is 20.3 Å². The maximum atomic E-state index is 12.0. The Morgan fingerprint density at radius 2 is 2.29 bits per heavy atom. The van der Waals surface area contributed by atoms with E-state index in [0.717, 1.165) is 45.3 Å². The van der Waals surface area contributed by atoms with Gasteiger partial charge in [0.05, 0.1) is 13.2 Å². The fraction of sp³-hybridized carbons (Fsp3) is 0.923. The van der Waals surface area contributed by atoms with Crippen molar-refractivity contribution in [3.05, 3.63) is 0 Å². The summed E-state index contributed by atoms with van der Waals surface area (Å²) in [5, 5.41) is 3.44. The number of carbonyl (C=O) groups is 1. The highest BCUT2D eigenvalue weighted by Crippen LogP contribution is 2.36. The molecule has 2 fully saturated rings. The summed E-state index contributed by atoms with van der Waals surface area (Å²) in [6, 6.07) is 0. The number of carbonyl (C=O) groups excluding carboxylic acids is 1. The SMILES string of the molecule is COC(=O)C1(NCC2CCCO2)CCCC1C. The summed E-state index contributed by atoms with van der Waals surface area (Å²) >= 11 is 0. The van der Waals surface area contributed by atoms with Gasteiger partial charge in [-0.25, -0.2) is 0 Å². The Labute approximate surface area is 103 Å². The average Bonchev–Trinajstić information content (AvgIpc) is 2.96. The number of hydrogen-bond acceptors (Lipinski definition) is 4. The zero-order valence-electron chi connectivity index (χ0n) is 10.8. The van der Waals surface area contributed by atoms with Crippen molar-refractivity contribution in [1.82, 2.24) is 5.32 Å². The highest BCUT2D eigenvalue weighted by molar-refractivity contribution is 5.81. The molecular formula is C13H23NO3. The minimum Gasteiger partial charge on any atom is -0.468 e. The van der Waals surface area contributed by atoms with Gasteiger partial charge in [-0.2, -0.15) is 0 Å². The molecule has 98 valence electrons. The lowest BCUT2D eigenvalue weighted by atomic mass is 9.88. The summed E-state index contributed by atoms with van der Waals surface area (Å²) in [5.74, 6) is 0.233. The summed E-state index contributed by atoms with van der Waals surface area (Å²) in [5.41, 5.74) is -0.472. The van der Waals surface area contributed by atoms with Crippen LogP contribution in [0.3, 0.4) is 0 Å². The molecule has 2 rings (SSSR count). The van der Waals surface area contributed by atoms with E-state index < -0.39 is 5.54 Å². The predicted octanol–water partition coefficient (Wildman–Crippen LogP) is 1.49. The monoisotopic (exact) mass is 241 g/mol. The van der Waals surface area contributed by atoms with E-state index in [-0.39, 0.29) is 12.1 Å². The molecule has 3 unspecified atom stereocenters.